The second-order valence-corrected chi connectivity index (χ2v) is 6.69. The number of nitrogens with one attached hydrogen (secondary N) is 1. The Morgan fingerprint density at radius 1 is 1.16 bits per heavy atom. The van der Waals surface area contributed by atoms with Gasteiger partial charge in [-0.2, -0.15) is 0 Å². The van der Waals surface area contributed by atoms with E-state index in [0.717, 1.165) is 5.56 Å². The molecule has 0 aromatic heterocycles. The van der Waals surface area contributed by atoms with Gasteiger partial charge in [0.25, 0.3) is 5.91 Å². The number of carbonyl (C=O) groups excluding carboxylic acids is 2. The van der Waals surface area contributed by atoms with E-state index in [0.29, 0.717) is 4.90 Å². The van der Waals surface area contributed by atoms with Crippen LogP contribution in [0.2, 0.25) is 0 Å². The predicted octanol–water partition coefficient (Wildman–Crippen LogP) is 2.42. The summed E-state index contributed by atoms with van der Waals surface area (Å²) in [5, 5.41) is 2.61. The van der Waals surface area contributed by atoms with Crippen molar-refractivity contribution in [2.45, 2.75) is 24.5 Å². The molecule has 0 saturated carbocycles. The molecule has 132 valence electrons. The summed E-state index contributed by atoms with van der Waals surface area (Å²) >= 11 is 0. The lowest BCUT2D eigenvalue weighted by Crippen LogP contribution is -2.35. The van der Waals surface area contributed by atoms with Crippen molar-refractivity contribution >= 4 is 22.7 Å². The van der Waals surface area contributed by atoms with Gasteiger partial charge >= 0.3 is 5.97 Å². The van der Waals surface area contributed by atoms with Crippen LogP contribution in [0.3, 0.4) is 0 Å². The van der Waals surface area contributed by atoms with E-state index >= 15 is 0 Å². The molecule has 0 radical (unpaired) electrons. The Morgan fingerprint density at radius 2 is 1.80 bits per heavy atom. The van der Waals surface area contributed by atoms with Gasteiger partial charge in [0, 0.05) is 12.8 Å². The average Bonchev–Trinajstić information content (AvgIpc) is 2.60. The number of ether oxygens (including phenoxy) is 1. The van der Waals surface area contributed by atoms with E-state index in [-0.39, 0.29) is 17.9 Å². The van der Waals surface area contributed by atoms with Gasteiger partial charge in [0.1, 0.15) is 5.82 Å². The van der Waals surface area contributed by atoms with Crippen LogP contribution in [0, 0.1) is 5.82 Å². The molecule has 0 aliphatic carbocycles. The SMILES string of the molecule is C[C@H](OC(=O)c1ccccc1[S@](C)=O)C(=O)NCc1ccc(F)cc1. The molecule has 0 aliphatic rings. The van der Waals surface area contributed by atoms with Gasteiger partial charge in [-0.3, -0.25) is 9.00 Å². The van der Waals surface area contributed by atoms with E-state index in [4.69, 9.17) is 4.74 Å². The molecule has 2 rings (SSSR count). The first-order chi connectivity index (χ1) is 11.9. The highest BCUT2D eigenvalue weighted by Crippen LogP contribution is 2.14. The van der Waals surface area contributed by atoms with Gasteiger partial charge in [0.2, 0.25) is 0 Å². The number of hydrogen-bond donors (Lipinski definition) is 1. The van der Waals surface area contributed by atoms with Gasteiger partial charge in [0.05, 0.1) is 21.3 Å². The molecule has 2 aromatic rings. The third kappa shape index (κ3) is 5.22. The topological polar surface area (TPSA) is 72.5 Å². The molecule has 2 aromatic carbocycles. The van der Waals surface area contributed by atoms with Crippen LogP contribution in [-0.2, 0) is 26.9 Å². The molecule has 0 spiro atoms. The lowest BCUT2D eigenvalue weighted by molar-refractivity contribution is -0.129. The highest BCUT2D eigenvalue weighted by molar-refractivity contribution is 7.84. The minimum atomic E-state index is -1.35. The average molecular weight is 363 g/mol. The van der Waals surface area contributed by atoms with Crippen LogP contribution in [-0.4, -0.2) is 28.4 Å². The Morgan fingerprint density at radius 3 is 2.44 bits per heavy atom. The van der Waals surface area contributed by atoms with Crippen LogP contribution in [0.5, 0.6) is 0 Å². The smallest absolute Gasteiger partial charge is 0.340 e. The van der Waals surface area contributed by atoms with Gasteiger partial charge in [-0.1, -0.05) is 24.3 Å². The highest BCUT2D eigenvalue weighted by Gasteiger charge is 2.21. The van der Waals surface area contributed by atoms with Crippen molar-refractivity contribution in [1.82, 2.24) is 5.32 Å². The van der Waals surface area contributed by atoms with Crippen molar-refractivity contribution in [1.29, 1.82) is 0 Å². The number of benzene rings is 2. The molecule has 1 N–H and O–H groups in total. The molecular formula is C18H18FNO4S. The van der Waals surface area contributed by atoms with Crippen LogP contribution in [0.1, 0.15) is 22.8 Å². The maximum Gasteiger partial charge on any atom is 0.340 e. The van der Waals surface area contributed by atoms with E-state index < -0.39 is 28.8 Å². The fraction of sp³-hybridized carbons (Fsp3) is 0.222. The third-order valence-electron chi connectivity index (χ3n) is 3.45. The van der Waals surface area contributed by atoms with E-state index in [1.54, 1.807) is 30.3 Å². The summed E-state index contributed by atoms with van der Waals surface area (Å²) in [7, 11) is -1.35. The number of amides is 1. The van der Waals surface area contributed by atoms with Crippen molar-refractivity contribution in [2.75, 3.05) is 6.26 Å². The standard InChI is InChI=1S/C18H18FNO4S/c1-12(17(21)20-11-13-7-9-14(19)10-8-13)24-18(22)15-5-3-4-6-16(15)25(2)23/h3-10,12H,11H2,1-2H3,(H,20,21)/t12-,25-/m0/s1. The predicted molar refractivity (Wildman–Crippen MR) is 91.9 cm³/mol. The van der Waals surface area contributed by atoms with Crippen molar-refractivity contribution in [3.63, 3.8) is 0 Å². The van der Waals surface area contributed by atoms with E-state index in [1.807, 2.05) is 0 Å². The fourth-order valence-electron chi connectivity index (χ4n) is 2.10. The van der Waals surface area contributed by atoms with Crippen LogP contribution < -0.4 is 5.32 Å². The molecule has 25 heavy (non-hydrogen) atoms. The molecule has 7 heteroatoms. The van der Waals surface area contributed by atoms with Crippen molar-refractivity contribution in [3.05, 3.63) is 65.5 Å². The zero-order valence-electron chi connectivity index (χ0n) is 13.8. The fourth-order valence-corrected chi connectivity index (χ4v) is 2.83. The number of esters is 1. The van der Waals surface area contributed by atoms with E-state index in [1.165, 1.54) is 31.4 Å². The third-order valence-corrected chi connectivity index (χ3v) is 4.43. The maximum absolute atomic E-state index is 12.8. The van der Waals surface area contributed by atoms with Crippen LogP contribution in [0.4, 0.5) is 4.39 Å². The zero-order valence-corrected chi connectivity index (χ0v) is 14.6. The summed E-state index contributed by atoms with van der Waals surface area (Å²) < 4.78 is 29.7. The van der Waals surface area contributed by atoms with Gasteiger partial charge in [-0.05, 0) is 36.8 Å². The first-order valence-corrected chi connectivity index (χ1v) is 9.10. The van der Waals surface area contributed by atoms with Crippen molar-refractivity contribution in [2.24, 2.45) is 0 Å². The van der Waals surface area contributed by atoms with E-state index in [9.17, 15) is 18.2 Å². The van der Waals surface area contributed by atoms with Gasteiger partial charge in [-0.15, -0.1) is 0 Å². The van der Waals surface area contributed by atoms with E-state index in [2.05, 4.69) is 5.32 Å². The Balaban J connectivity index is 1.95. The summed E-state index contributed by atoms with van der Waals surface area (Å²) in [6.07, 6.45) is 0.441. The normalized spacial score (nSPS) is 12.9. The number of halogens is 1. The summed E-state index contributed by atoms with van der Waals surface area (Å²) in [5.74, 6) is -1.55. The quantitative estimate of drug-likeness (QED) is 0.800. The zero-order chi connectivity index (χ0) is 18.4. The lowest BCUT2D eigenvalue weighted by Gasteiger charge is -2.14. The molecule has 5 nitrogen and oxygen atoms in total. The molecule has 0 unspecified atom stereocenters. The Hall–Kier alpha value is -2.54. The Kier molecular flexibility index (Phi) is 6.41. The van der Waals surface area contributed by atoms with Crippen LogP contribution >= 0.6 is 0 Å². The number of rotatable bonds is 6. The lowest BCUT2D eigenvalue weighted by atomic mass is 10.2. The number of carbonyl (C=O) groups is 2. The molecule has 0 aliphatic heterocycles. The van der Waals surface area contributed by atoms with Gasteiger partial charge < -0.3 is 10.1 Å². The Labute approximate surface area is 147 Å². The molecule has 1 amide bonds. The van der Waals surface area contributed by atoms with Crippen molar-refractivity contribution in [3.8, 4) is 0 Å². The first-order valence-electron chi connectivity index (χ1n) is 7.54. The molecule has 0 fully saturated rings. The monoisotopic (exact) mass is 363 g/mol. The number of hydrogen-bond acceptors (Lipinski definition) is 4. The van der Waals surface area contributed by atoms with Crippen LogP contribution in [0.15, 0.2) is 53.4 Å². The molecule has 0 saturated heterocycles. The summed E-state index contributed by atoms with van der Waals surface area (Å²) in [5.41, 5.74) is 0.890. The first kappa shape index (κ1) is 18.8. The summed E-state index contributed by atoms with van der Waals surface area (Å²) in [6.45, 7) is 1.64. The minimum Gasteiger partial charge on any atom is -0.449 e. The minimum absolute atomic E-state index is 0.168. The van der Waals surface area contributed by atoms with Crippen molar-refractivity contribution < 1.29 is 22.9 Å². The second kappa shape index (κ2) is 8.53. The molecular weight excluding hydrogens is 345 g/mol. The van der Waals surface area contributed by atoms with Crippen LogP contribution in [0.25, 0.3) is 0 Å². The Bertz CT molecular complexity index is 792. The maximum atomic E-state index is 12.8. The van der Waals surface area contributed by atoms with Gasteiger partial charge in [-0.25, -0.2) is 9.18 Å². The molecule has 0 bridgehead atoms. The molecule has 2 atom stereocenters. The largest absolute Gasteiger partial charge is 0.449 e. The summed E-state index contributed by atoms with van der Waals surface area (Å²) in [4.78, 5) is 24.6. The second-order valence-electron chi connectivity index (χ2n) is 5.34. The van der Waals surface area contributed by atoms with Gasteiger partial charge in [0.15, 0.2) is 6.10 Å². The molecule has 0 heterocycles. The highest BCUT2D eigenvalue weighted by atomic mass is 32.2. The summed E-state index contributed by atoms with van der Waals surface area (Å²) in [6, 6.07) is 12.1.